The first kappa shape index (κ1) is 13.8. The predicted molar refractivity (Wildman–Crippen MR) is 82.1 cm³/mol. The lowest BCUT2D eigenvalue weighted by molar-refractivity contribution is -0.132. The second kappa shape index (κ2) is 6.08. The summed E-state index contributed by atoms with van der Waals surface area (Å²) in [4.78, 5) is 14.3. The molecule has 1 atom stereocenters. The summed E-state index contributed by atoms with van der Waals surface area (Å²) < 4.78 is 5.57. The average molecular weight is 291 g/mol. The predicted octanol–water partition coefficient (Wildman–Crippen LogP) is 3.39. The molecule has 0 radical (unpaired) electrons. The average Bonchev–Trinajstić information content (AvgIpc) is 2.93. The Labute approximate surface area is 124 Å². The summed E-state index contributed by atoms with van der Waals surface area (Å²) in [5.41, 5.74) is 2.54. The number of fused-ring (bicyclic) bond motifs is 1. The molecule has 2 heterocycles. The second-order valence-electron chi connectivity index (χ2n) is 5.38. The van der Waals surface area contributed by atoms with Gasteiger partial charge in [-0.2, -0.15) is 0 Å². The monoisotopic (exact) mass is 291 g/mol. The number of hydrogen-bond acceptors (Lipinski definition) is 3. The lowest BCUT2D eigenvalue weighted by Crippen LogP contribution is -2.37. The van der Waals surface area contributed by atoms with Crippen LogP contribution in [0.25, 0.3) is 0 Å². The minimum atomic E-state index is 0.189. The smallest absolute Gasteiger partial charge is 0.224 e. The number of benzene rings is 1. The third kappa shape index (κ3) is 2.66. The zero-order valence-corrected chi connectivity index (χ0v) is 12.7. The minimum Gasteiger partial charge on any atom is -0.493 e. The van der Waals surface area contributed by atoms with E-state index in [1.165, 1.54) is 11.1 Å². The Kier molecular flexibility index (Phi) is 4.20. The number of carbonyl (C=O) groups is 1. The van der Waals surface area contributed by atoms with Gasteiger partial charge in [0.05, 0.1) is 6.61 Å². The number of ether oxygens (including phenoxy) is 1. The second-order valence-corrected chi connectivity index (χ2v) is 6.57. The van der Waals surface area contributed by atoms with Gasteiger partial charge in [0.15, 0.2) is 0 Å². The zero-order chi connectivity index (χ0) is 13.9. The van der Waals surface area contributed by atoms with Crippen LogP contribution < -0.4 is 4.74 Å². The Hall–Kier alpha value is -1.16. The standard InChI is InChI=1S/C16H21NO2S/c1-2-3-8-17-15(18)7-10-20-16(17)13-4-5-14-12(11-13)6-9-19-14/h4-5,11,16H,2-3,6-10H2,1H3. The molecule has 108 valence electrons. The molecule has 20 heavy (non-hydrogen) atoms. The molecule has 0 aromatic heterocycles. The molecule has 0 aliphatic carbocycles. The Bertz CT molecular complexity index is 503. The largest absolute Gasteiger partial charge is 0.493 e. The van der Waals surface area contributed by atoms with Crippen molar-refractivity contribution in [2.24, 2.45) is 0 Å². The molecule has 0 saturated carbocycles. The molecule has 0 bridgehead atoms. The van der Waals surface area contributed by atoms with Crippen molar-refractivity contribution < 1.29 is 9.53 Å². The lowest BCUT2D eigenvalue weighted by atomic mass is 10.1. The summed E-state index contributed by atoms with van der Waals surface area (Å²) in [6.45, 7) is 3.83. The van der Waals surface area contributed by atoms with Crippen molar-refractivity contribution in [3.8, 4) is 5.75 Å². The molecule has 1 fully saturated rings. The molecule has 1 aromatic rings. The number of hydrogen-bond donors (Lipinski definition) is 0. The Morgan fingerprint density at radius 2 is 2.30 bits per heavy atom. The number of unbranched alkanes of at least 4 members (excludes halogenated alkanes) is 1. The molecule has 1 amide bonds. The van der Waals surface area contributed by atoms with E-state index in [0.717, 1.165) is 43.9 Å². The normalized spacial score (nSPS) is 21.8. The van der Waals surface area contributed by atoms with E-state index in [2.05, 4.69) is 30.0 Å². The van der Waals surface area contributed by atoms with E-state index in [-0.39, 0.29) is 5.37 Å². The van der Waals surface area contributed by atoms with Crippen LogP contribution in [0.1, 0.15) is 42.7 Å². The maximum atomic E-state index is 12.2. The maximum Gasteiger partial charge on any atom is 0.224 e. The SMILES string of the molecule is CCCCN1C(=O)CCSC1c1ccc2c(c1)CCO2. The zero-order valence-electron chi connectivity index (χ0n) is 11.9. The van der Waals surface area contributed by atoms with E-state index >= 15 is 0 Å². The van der Waals surface area contributed by atoms with Crippen molar-refractivity contribution in [1.82, 2.24) is 4.90 Å². The van der Waals surface area contributed by atoms with Gasteiger partial charge in [-0.3, -0.25) is 4.79 Å². The molecular formula is C16H21NO2S. The molecule has 3 rings (SSSR count). The van der Waals surface area contributed by atoms with E-state index in [1.807, 2.05) is 11.8 Å². The van der Waals surface area contributed by atoms with E-state index in [9.17, 15) is 4.79 Å². The number of amides is 1. The molecule has 1 saturated heterocycles. The van der Waals surface area contributed by atoms with Crippen LogP contribution in [0, 0.1) is 0 Å². The number of rotatable bonds is 4. The first-order chi connectivity index (χ1) is 9.79. The fourth-order valence-electron chi connectivity index (χ4n) is 2.83. The van der Waals surface area contributed by atoms with Gasteiger partial charge < -0.3 is 9.64 Å². The first-order valence-corrected chi connectivity index (χ1v) is 8.51. The van der Waals surface area contributed by atoms with Crippen LogP contribution in [0.5, 0.6) is 5.75 Å². The molecule has 2 aliphatic heterocycles. The van der Waals surface area contributed by atoms with E-state index in [0.29, 0.717) is 12.3 Å². The van der Waals surface area contributed by atoms with Crippen LogP contribution in [0.2, 0.25) is 0 Å². The van der Waals surface area contributed by atoms with Crippen LogP contribution in [0.15, 0.2) is 18.2 Å². The van der Waals surface area contributed by atoms with Gasteiger partial charge in [0, 0.05) is 25.1 Å². The molecule has 3 nitrogen and oxygen atoms in total. The van der Waals surface area contributed by atoms with E-state index in [1.54, 1.807) is 0 Å². The van der Waals surface area contributed by atoms with Crippen LogP contribution in [-0.2, 0) is 11.2 Å². The molecule has 0 spiro atoms. The summed E-state index contributed by atoms with van der Waals surface area (Å²) in [6, 6.07) is 6.42. The molecule has 2 aliphatic rings. The first-order valence-electron chi connectivity index (χ1n) is 7.46. The summed E-state index contributed by atoms with van der Waals surface area (Å²) in [7, 11) is 0. The van der Waals surface area contributed by atoms with Gasteiger partial charge in [0.2, 0.25) is 5.91 Å². The number of thioether (sulfide) groups is 1. The Balaban J connectivity index is 1.84. The van der Waals surface area contributed by atoms with Crippen molar-refractivity contribution in [1.29, 1.82) is 0 Å². The van der Waals surface area contributed by atoms with Gasteiger partial charge >= 0.3 is 0 Å². The quantitative estimate of drug-likeness (QED) is 0.851. The highest BCUT2D eigenvalue weighted by atomic mass is 32.2. The van der Waals surface area contributed by atoms with Crippen molar-refractivity contribution in [2.45, 2.75) is 38.0 Å². The van der Waals surface area contributed by atoms with Gasteiger partial charge in [-0.15, -0.1) is 11.8 Å². The fourth-order valence-corrected chi connectivity index (χ4v) is 4.09. The van der Waals surface area contributed by atoms with Gasteiger partial charge in [-0.25, -0.2) is 0 Å². The lowest BCUT2D eigenvalue weighted by Gasteiger charge is -2.35. The molecular weight excluding hydrogens is 270 g/mol. The van der Waals surface area contributed by atoms with Crippen molar-refractivity contribution in [2.75, 3.05) is 18.9 Å². The summed E-state index contributed by atoms with van der Waals surface area (Å²) in [5, 5.41) is 0.189. The molecule has 1 unspecified atom stereocenters. The molecule has 1 aromatic carbocycles. The minimum absolute atomic E-state index is 0.189. The summed E-state index contributed by atoms with van der Waals surface area (Å²) in [5.74, 6) is 2.25. The Morgan fingerprint density at radius 3 is 3.15 bits per heavy atom. The van der Waals surface area contributed by atoms with E-state index < -0.39 is 0 Å². The highest BCUT2D eigenvalue weighted by molar-refractivity contribution is 7.99. The third-order valence-electron chi connectivity index (χ3n) is 3.95. The number of nitrogens with zero attached hydrogens (tertiary/aromatic N) is 1. The summed E-state index contributed by atoms with van der Waals surface area (Å²) in [6.07, 6.45) is 3.87. The fraction of sp³-hybridized carbons (Fsp3) is 0.562. The van der Waals surface area contributed by atoms with Crippen LogP contribution in [0.4, 0.5) is 0 Å². The van der Waals surface area contributed by atoms with Crippen LogP contribution in [0.3, 0.4) is 0 Å². The van der Waals surface area contributed by atoms with Crippen LogP contribution in [-0.4, -0.2) is 29.7 Å². The topological polar surface area (TPSA) is 29.5 Å². The summed E-state index contributed by atoms with van der Waals surface area (Å²) >= 11 is 1.89. The maximum absolute atomic E-state index is 12.2. The number of carbonyl (C=O) groups excluding carboxylic acids is 1. The highest BCUT2D eigenvalue weighted by Crippen LogP contribution is 2.39. The van der Waals surface area contributed by atoms with Crippen molar-refractivity contribution in [3.63, 3.8) is 0 Å². The molecule has 0 N–H and O–H groups in total. The van der Waals surface area contributed by atoms with Crippen molar-refractivity contribution >= 4 is 17.7 Å². The molecule has 4 heteroatoms. The Morgan fingerprint density at radius 1 is 1.40 bits per heavy atom. The van der Waals surface area contributed by atoms with Crippen LogP contribution >= 0.6 is 11.8 Å². The van der Waals surface area contributed by atoms with Gasteiger partial charge in [-0.1, -0.05) is 19.4 Å². The van der Waals surface area contributed by atoms with E-state index in [4.69, 9.17) is 4.74 Å². The third-order valence-corrected chi connectivity index (χ3v) is 5.23. The highest BCUT2D eigenvalue weighted by Gasteiger charge is 2.30. The van der Waals surface area contributed by atoms with Crippen molar-refractivity contribution in [3.05, 3.63) is 29.3 Å². The van der Waals surface area contributed by atoms with Gasteiger partial charge in [0.1, 0.15) is 11.1 Å². The van der Waals surface area contributed by atoms with Gasteiger partial charge in [0.25, 0.3) is 0 Å². The van der Waals surface area contributed by atoms with Gasteiger partial charge in [-0.05, 0) is 29.7 Å².